The van der Waals surface area contributed by atoms with Gasteiger partial charge >= 0.3 is 6.18 Å². The fourth-order valence-electron chi connectivity index (χ4n) is 1.68. The second kappa shape index (κ2) is 5.89. The lowest BCUT2D eigenvalue weighted by molar-refractivity contribution is -0.168. The van der Waals surface area contributed by atoms with Gasteiger partial charge in [0.15, 0.2) is 0 Å². The second-order valence-corrected chi connectivity index (χ2v) is 5.32. The molecule has 98 valence electrons. The molecule has 0 rings (SSSR count). The highest BCUT2D eigenvalue weighted by molar-refractivity contribution is 4.83. The van der Waals surface area contributed by atoms with Crippen LogP contribution < -0.4 is 5.32 Å². The standard InChI is InChI=1S/C12H24F3N/c1-7(2)9(5)10(6)16-11(8(3)4)12(13,14)15/h7-11,16H,1-6H3/t9?,10-,11-/m1/s1. The Kier molecular flexibility index (Phi) is 5.80. The molecule has 0 heterocycles. The summed E-state index contributed by atoms with van der Waals surface area (Å²) >= 11 is 0. The van der Waals surface area contributed by atoms with Gasteiger partial charge in [-0.3, -0.25) is 0 Å². The van der Waals surface area contributed by atoms with Crippen LogP contribution in [0.2, 0.25) is 0 Å². The van der Waals surface area contributed by atoms with Crippen LogP contribution in [0.25, 0.3) is 0 Å². The van der Waals surface area contributed by atoms with E-state index in [0.717, 1.165) is 0 Å². The summed E-state index contributed by atoms with van der Waals surface area (Å²) < 4.78 is 38.2. The third-order valence-electron chi connectivity index (χ3n) is 3.30. The van der Waals surface area contributed by atoms with E-state index < -0.39 is 18.1 Å². The van der Waals surface area contributed by atoms with Crippen LogP contribution in [0, 0.1) is 17.8 Å². The molecule has 1 unspecified atom stereocenters. The molecule has 0 saturated heterocycles. The first-order valence-corrected chi connectivity index (χ1v) is 5.90. The van der Waals surface area contributed by atoms with Gasteiger partial charge in [-0.15, -0.1) is 0 Å². The van der Waals surface area contributed by atoms with Crippen molar-refractivity contribution in [2.45, 2.75) is 59.8 Å². The van der Waals surface area contributed by atoms with Crippen LogP contribution in [0.1, 0.15) is 41.5 Å². The third-order valence-corrected chi connectivity index (χ3v) is 3.30. The summed E-state index contributed by atoms with van der Waals surface area (Å²) in [6, 6.07) is -1.54. The van der Waals surface area contributed by atoms with Gasteiger partial charge in [0.2, 0.25) is 0 Å². The Bertz CT molecular complexity index is 199. The molecular formula is C12H24F3N. The molecular weight excluding hydrogens is 215 g/mol. The quantitative estimate of drug-likeness (QED) is 0.768. The summed E-state index contributed by atoms with van der Waals surface area (Å²) in [6.45, 7) is 11.1. The molecule has 0 aromatic carbocycles. The maximum Gasteiger partial charge on any atom is 0.404 e. The summed E-state index contributed by atoms with van der Waals surface area (Å²) in [6.07, 6.45) is -4.17. The van der Waals surface area contributed by atoms with Crippen molar-refractivity contribution in [3.05, 3.63) is 0 Å². The number of alkyl halides is 3. The lowest BCUT2D eigenvalue weighted by Gasteiger charge is -2.32. The minimum absolute atomic E-state index is 0.131. The van der Waals surface area contributed by atoms with Crippen LogP contribution in [-0.4, -0.2) is 18.3 Å². The molecule has 3 atom stereocenters. The number of hydrogen-bond acceptors (Lipinski definition) is 1. The normalized spacial score (nSPS) is 18.9. The van der Waals surface area contributed by atoms with Crippen LogP contribution in [0.3, 0.4) is 0 Å². The Hall–Kier alpha value is -0.250. The molecule has 0 aliphatic heterocycles. The SMILES string of the molecule is CC(C)C(C)[C@@H](C)N[C@H](C(C)C)C(F)(F)F. The van der Waals surface area contributed by atoms with E-state index in [4.69, 9.17) is 0 Å². The van der Waals surface area contributed by atoms with Crippen molar-refractivity contribution < 1.29 is 13.2 Å². The van der Waals surface area contributed by atoms with Crippen molar-refractivity contribution >= 4 is 0 Å². The van der Waals surface area contributed by atoms with Gasteiger partial charge in [-0.05, 0) is 24.7 Å². The zero-order chi connectivity index (χ0) is 13.1. The number of nitrogens with one attached hydrogen (secondary N) is 1. The second-order valence-electron chi connectivity index (χ2n) is 5.32. The molecule has 0 radical (unpaired) electrons. The molecule has 1 nitrogen and oxygen atoms in total. The fraction of sp³-hybridized carbons (Fsp3) is 1.00. The first-order chi connectivity index (χ1) is 7.07. The van der Waals surface area contributed by atoms with Gasteiger partial charge in [-0.1, -0.05) is 34.6 Å². The summed E-state index contributed by atoms with van der Waals surface area (Å²) in [5.41, 5.74) is 0. The monoisotopic (exact) mass is 239 g/mol. The van der Waals surface area contributed by atoms with Crippen LogP contribution in [0.4, 0.5) is 13.2 Å². The third kappa shape index (κ3) is 4.73. The zero-order valence-corrected chi connectivity index (χ0v) is 11.0. The molecule has 16 heavy (non-hydrogen) atoms. The Morgan fingerprint density at radius 2 is 1.25 bits per heavy atom. The van der Waals surface area contributed by atoms with Gasteiger partial charge < -0.3 is 5.32 Å². The van der Waals surface area contributed by atoms with E-state index in [1.807, 2.05) is 27.7 Å². The van der Waals surface area contributed by atoms with E-state index in [1.165, 1.54) is 0 Å². The molecule has 0 aromatic heterocycles. The van der Waals surface area contributed by atoms with Gasteiger partial charge in [0.25, 0.3) is 0 Å². The summed E-state index contributed by atoms with van der Waals surface area (Å²) in [5, 5.41) is 2.71. The van der Waals surface area contributed by atoms with Crippen molar-refractivity contribution in [2.75, 3.05) is 0 Å². The maximum absolute atomic E-state index is 12.7. The molecule has 0 bridgehead atoms. The Labute approximate surface area is 96.8 Å². The first kappa shape index (κ1) is 15.8. The minimum atomic E-state index is -4.17. The molecule has 0 amide bonds. The Balaban J connectivity index is 4.53. The molecule has 0 spiro atoms. The molecule has 0 aliphatic rings. The molecule has 0 aliphatic carbocycles. The van der Waals surface area contributed by atoms with Gasteiger partial charge in [0.1, 0.15) is 6.04 Å². The topological polar surface area (TPSA) is 12.0 Å². The molecule has 0 saturated carbocycles. The lowest BCUT2D eigenvalue weighted by Crippen LogP contribution is -2.51. The van der Waals surface area contributed by atoms with E-state index in [2.05, 4.69) is 5.32 Å². The largest absolute Gasteiger partial charge is 0.404 e. The van der Waals surface area contributed by atoms with E-state index in [0.29, 0.717) is 5.92 Å². The highest BCUT2D eigenvalue weighted by Crippen LogP contribution is 2.27. The first-order valence-electron chi connectivity index (χ1n) is 5.90. The van der Waals surface area contributed by atoms with Crippen molar-refractivity contribution in [1.29, 1.82) is 0 Å². The highest BCUT2D eigenvalue weighted by Gasteiger charge is 2.42. The van der Waals surface area contributed by atoms with E-state index >= 15 is 0 Å². The maximum atomic E-state index is 12.7. The van der Waals surface area contributed by atoms with Gasteiger partial charge in [-0.25, -0.2) is 0 Å². The smallest absolute Gasteiger partial charge is 0.303 e. The molecule has 1 N–H and O–H groups in total. The minimum Gasteiger partial charge on any atom is -0.303 e. The molecule has 4 heteroatoms. The van der Waals surface area contributed by atoms with Crippen LogP contribution in [-0.2, 0) is 0 Å². The van der Waals surface area contributed by atoms with Crippen molar-refractivity contribution in [1.82, 2.24) is 5.32 Å². The van der Waals surface area contributed by atoms with Crippen LogP contribution >= 0.6 is 0 Å². The summed E-state index contributed by atoms with van der Waals surface area (Å²) in [7, 11) is 0. The van der Waals surface area contributed by atoms with Gasteiger partial charge in [-0.2, -0.15) is 13.2 Å². The van der Waals surface area contributed by atoms with Gasteiger partial charge in [0.05, 0.1) is 0 Å². The summed E-state index contributed by atoms with van der Waals surface area (Å²) in [5.74, 6) is 0.161. The predicted octanol–water partition coefficient (Wildman–Crippen LogP) is 3.84. The Morgan fingerprint density at radius 1 is 0.812 bits per heavy atom. The van der Waals surface area contributed by atoms with E-state index in [9.17, 15) is 13.2 Å². The summed E-state index contributed by atoms with van der Waals surface area (Å²) in [4.78, 5) is 0. The number of rotatable bonds is 5. The Morgan fingerprint density at radius 3 is 1.50 bits per heavy atom. The van der Waals surface area contributed by atoms with Crippen molar-refractivity contribution in [3.8, 4) is 0 Å². The average Bonchev–Trinajstić information content (AvgIpc) is 2.09. The van der Waals surface area contributed by atoms with E-state index in [1.54, 1.807) is 13.8 Å². The van der Waals surface area contributed by atoms with Crippen LogP contribution in [0.5, 0.6) is 0 Å². The number of hydrogen-bond donors (Lipinski definition) is 1. The van der Waals surface area contributed by atoms with Crippen molar-refractivity contribution in [3.63, 3.8) is 0 Å². The zero-order valence-electron chi connectivity index (χ0n) is 11.0. The van der Waals surface area contributed by atoms with Crippen molar-refractivity contribution in [2.24, 2.45) is 17.8 Å². The van der Waals surface area contributed by atoms with Crippen LogP contribution in [0.15, 0.2) is 0 Å². The number of halogens is 3. The lowest BCUT2D eigenvalue weighted by atomic mass is 9.90. The van der Waals surface area contributed by atoms with Gasteiger partial charge in [0, 0.05) is 6.04 Å². The average molecular weight is 239 g/mol. The van der Waals surface area contributed by atoms with E-state index in [-0.39, 0.29) is 12.0 Å². The molecule has 0 aromatic rings. The predicted molar refractivity (Wildman–Crippen MR) is 61.3 cm³/mol. The fourth-order valence-corrected chi connectivity index (χ4v) is 1.68. The highest BCUT2D eigenvalue weighted by atomic mass is 19.4. The molecule has 0 fully saturated rings.